The number of methoxy groups -OCH3 is 1. The lowest BCUT2D eigenvalue weighted by Crippen LogP contribution is -2.24. The number of carbonyl (C=O) groups is 1. The number of amides is 1. The Labute approximate surface area is 163 Å². The topological polar surface area (TPSA) is 69.0 Å². The van der Waals surface area contributed by atoms with Gasteiger partial charge in [-0.1, -0.05) is 29.5 Å². The Bertz CT molecular complexity index is 905. The first-order valence-corrected chi connectivity index (χ1v) is 9.67. The van der Waals surface area contributed by atoms with E-state index in [9.17, 15) is 4.79 Å². The van der Waals surface area contributed by atoms with Gasteiger partial charge in [-0.15, -0.1) is 10.2 Å². The van der Waals surface area contributed by atoms with Gasteiger partial charge in [-0.3, -0.25) is 9.36 Å². The van der Waals surface area contributed by atoms with Crippen molar-refractivity contribution in [3.05, 3.63) is 54.1 Å². The monoisotopic (exact) mass is 382 g/mol. The molecule has 2 aromatic carbocycles. The normalized spacial score (nSPS) is 10.6. The molecule has 0 bridgehead atoms. The third-order valence-electron chi connectivity index (χ3n) is 3.98. The summed E-state index contributed by atoms with van der Waals surface area (Å²) >= 11 is 1.37. The van der Waals surface area contributed by atoms with Gasteiger partial charge in [-0.25, -0.2) is 0 Å². The van der Waals surface area contributed by atoms with Gasteiger partial charge in [0.25, 0.3) is 0 Å². The SMILES string of the molecule is CCNC(=O)CSc1nnc(-c2ccc(OC)cc2)n1-c1ccc(C)cc1. The van der Waals surface area contributed by atoms with Crippen molar-refractivity contribution in [3.8, 4) is 22.8 Å². The molecule has 3 aromatic rings. The molecule has 0 aliphatic rings. The summed E-state index contributed by atoms with van der Waals surface area (Å²) in [4.78, 5) is 11.9. The van der Waals surface area contributed by atoms with Crippen molar-refractivity contribution >= 4 is 17.7 Å². The summed E-state index contributed by atoms with van der Waals surface area (Å²) in [6, 6.07) is 15.8. The molecule has 27 heavy (non-hydrogen) atoms. The number of nitrogens with zero attached hydrogens (tertiary/aromatic N) is 3. The number of ether oxygens (including phenoxy) is 1. The number of benzene rings is 2. The minimum Gasteiger partial charge on any atom is -0.497 e. The van der Waals surface area contributed by atoms with Gasteiger partial charge in [-0.05, 0) is 50.2 Å². The van der Waals surface area contributed by atoms with Gasteiger partial charge in [0, 0.05) is 17.8 Å². The van der Waals surface area contributed by atoms with E-state index in [1.807, 2.05) is 66.9 Å². The van der Waals surface area contributed by atoms with Gasteiger partial charge in [0.1, 0.15) is 5.75 Å². The van der Waals surface area contributed by atoms with Crippen molar-refractivity contribution in [1.82, 2.24) is 20.1 Å². The lowest BCUT2D eigenvalue weighted by molar-refractivity contribution is -0.118. The predicted octanol–water partition coefficient (Wildman–Crippen LogP) is 3.48. The van der Waals surface area contributed by atoms with Crippen LogP contribution in [-0.4, -0.2) is 40.1 Å². The number of carbonyl (C=O) groups excluding carboxylic acids is 1. The van der Waals surface area contributed by atoms with Crippen LogP contribution < -0.4 is 10.1 Å². The Hall–Kier alpha value is -2.80. The zero-order valence-electron chi connectivity index (χ0n) is 15.6. The van der Waals surface area contributed by atoms with Crippen LogP contribution in [0.1, 0.15) is 12.5 Å². The molecule has 0 aliphatic carbocycles. The van der Waals surface area contributed by atoms with Crippen molar-refractivity contribution in [2.24, 2.45) is 0 Å². The third kappa shape index (κ3) is 4.49. The molecule has 7 heteroatoms. The van der Waals surface area contributed by atoms with Gasteiger partial charge in [0.15, 0.2) is 11.0 Å². The summed E-state index contributed by atoms with van der Waals surface area (Å²) in [5.74, 6) is 1.78. The molecule has 1 N–H and O–H groups in total. The van der Waals surface area contributed by atoms with Crippen LogP contribution in [0.25, 0.3) is 17.1 Å². The molecule has 1 heterocycles. The Kier molecular flexibility index (Phi) is 6.13. The zero-order valence-corrected chi connectivity index (χ0v) is 16.4. The second-order valence-corrected chi connectivity index (χ2v) is 6.89. The van der Waals surface area contributed by atoms with Crippen molar-refractivity contribution in [2.45, 2.75) is 19.0 Å². The Balaban J connectivity index is 1.99. The van der Waals surface area contributed by atoms with E-state index in [4.69, 9.17) is 4.74 Å². The van der Waals surface area contributed by atoms with E-state index < -0.39 is 0 Å². The van der Waals surface area contributed by atoms with E-state index in [0.29, 0.717) is 17.5 Å². The second kappa shape index (κ2) is 8.73. The lowest BCUT2D eigenvalue weighted by atomic mass is 10.2. The highest BCUT2D eigenvalue weighted by atomic mass is 32.2. The molecule has 3 rings (SSSR count). The fourth-order valence-corrected chi connectivity index (χ4v) is 3.38. The van der Waals surface area contributed by atoms with Crippen LogP contribution in [0.15, 0.2) is 53.7 Å². The van der Waals surface area contributed by atoms with Gasteiger partial charge < -0.3 is 10.1 Å². The zero-order chi connectivity index (χ0) is 19.2. The number of aryl methyl sites for hydroxylation is 1. The molecule has 6 nitrogen and oxygen atoms in total. The van der Waals surface area contributed by atoms with Crippen molar-refractivity contribution < 1.29 is 9.53 Å². The number of thioether (sulfide) groups is 1. The van der Waals surface area contributed by atoms with Crippen LogP contribution in [-0.2, 0) is 4.79 Å². The summed E-state index contributed by atoms with van der Waals surface area (Å²) < 4.78 is 7.21. The summed E-state index contributed by atoms with van der Waals surface area (Å²) in [6.07, 6.45) is 0. The van der Waals surface area contributed by atoms with Crippen molar-refractivity contribution in [2.75, 3.05) is 19.4 Å². The molecular formula is C20H22N4O2S. The predicted molar refractivity (Wildman–Crippen MR) is 107 cm³/mol. The van der Waals surface area contributed by atoms with Crippen LogP contribution in [0.2, 0.25) is 0 Å². The molecule has 0 spiro atoms. The summed E-state index contributed by atoms with van der Waals surface area (Å²) in [7, 11) is 1.64. The summed E-state index contributed by atoms with van der Waals surface area (Å²) in [5, 5.41) is 12.2. The van der Waals surface area contributed by atoms with Crippen LogP contribution in [0, 0.1) is 6.92 Å². The molecule has 0 unspecified atom stereocenters. The largest absolute Gasteiger partial charge is 0.497 e. The molecular weight excluding hydrogens is 360 g/mol. The van der Waals surface area contributed by atoms with E-state index in [1.165, 1.54) is 17.3 Å². The van der Waals surface area contributed by atoms with Gasteiger partial charge >= 0.3 is 0 Å². The number of rotatable bonds is 7. The van der Waals surface area contributed by atoms with E-state index in [-0.39, 0.29) is 5.91 Å². The van der Waals surface area contributed by atoms with Crippen molar-refractivity contribution in [1.29, 1.82) is 0 Å². The Morgan fingerprint density at radius 2 is 1.81 bits per heavy atom. The molecule has 0 atom stereocenters. The maximum atomic E-state index is 11.9. The maximum Gasteiger partial charge on any atom is 0.230 e. The standard InChI is InChI=1S/C20H22N4O2S/c1-4-21-18(25)13-27-20-23-22-19(15-7-11-17(26-3)12-8-15)24(20)16-9-5-14(2)6-10-16/h5-12H,4,13H2,1-3H3,(H,21,25). The molecule has 0 saturated carbocycles. The average molecular weight is 382 g/mol. The summed E-state index contributed by atoms with van der Waals surface area (Å²) in [6.45, 7) is 4.56. The highest BCUT2D eigenvalue weighted by Crippen LogP contribution is 2.29. The smallest absolute Gasteiger partial charge is 0.230 e. The molecule has 1 aromatic heterocycles. The first-order valence-electron chi connectivity index (χ1n) is 8.68. The highest BCUT2D eigenvalue weighted by molar-refractivity contribution is 7.99. The quantitative estimate of drug-likeness (QED) is 0.634. The van der Waals surface area contributed by atoms with Crippen LogP contribution in [0.3, 0.4) is 0 Å². The van der Waals surface area contributed by atoms with Gasteiger partial charge in [-0.2, -0.15) is 0 Å². The number of hydrogen-bond donors (Lipinski definition) is 1. The Morgan fingerprint density at radius 1 is 1.11 bits per heavy atom. The minimum atomic E-state index is -0.0213. The molecule has 0 aliphatic heterocycles. The number of hydrogen-bond acceptors (Lipinski definition) is 5. The van der Waals surface area contributed by atoms with E-state index in [1.54, 1.807) is 7.11 Å². The first-order chi connectivity index (χ1) is 13.1. The average Bonchev–Trinajstić information content (AvgIpc) is 3.11. The number of aromatic nitrogens is 3. The molecule has 0 saturated heterocycles. The fourth-order valence-electron chi connectivity index (χ4n) is 2.60. The third-order valence-corrected chi connectivity index (χ3v) is 4.91. The highest BCUT2D eigenvalue weighted by Gasteiger charge is 2.17. The van der Waals surface area contributed by atoms with Crippen LogP contribution in [0.5, 0.6) is 5.75 Å². The molecule has 0 radical (unpaired) electrons. The van der Waals surface area contributed by atoms with E-state index in [2.05, 4.69) is 15.5 Å². The molecule has 1 amide bonds. The first kappa shape index (κ1) is 19.0. The van der Waals surface area contributed by atoms with Gasteiger partial charge in [0.05, 0.1) is 12.9 Å². The maximum absolute atomic E-state index is 11.9. The Morgan fingerprint density at radius 3 is 2.44 bits per heavy atom. The van der Waals surface area contributed by atoms with Crippen molar-refractivity contribution in [3.63, 3.8) is 0 Å². The lowest BCUT2D eigenvalue weighted by Gasteiger charge is -2.11. The minimum absolute atomic E-state index is 0.0213. The van der Waals surface area contributed by atoms with E-state index in [0.717, 1.165) is 22.8 Å². The van der Waals surface area contributed by atoms with Crippen LogP contribution in [0.4, 0.5) is 0 Å². The molecule has 140 valence electrons. The van der Waals surface area contributed by atoms with Crippen LogP contribution >= 0.6 is 11.8 Å². The second-order valence-electron chi connectivity index (χ2n) is 5.95. The van der Waals surface area contributed by atoms with Gasteiger partial charge in [0.2, 0.25) is 5.91 Å². The summed E-state index contributed by atoms with van der Waals surface area (Å²) in [5.41, 5.74) is 3.05. The number of nitrogens with one attached hydrogen (secondary N) is 1. The molecule has 0 fully saturated rings. The fraction of sp³-hybridized carbons (Fsp3) is 0.250. The van der Waals surface area contributed by atoms with E-state index >= 15 is 0 Å².